The summed E-state index contributed by atoms with van der Waals surface area (Å²) in [6.45, 7) is 9.50. The van der Waals surface area contributed by atoms with Crippen LogP contribution >= 0.6 is 0 Å². The van der Waals surface area contributed by atoms with E-state index in [1.54, 1.807) is 0 Å². The highest BCUT2D eigenvalue weighted by atomic mass is 14.6. The number of nitrogens with zero attached hydrogens (tertiary/aromatic N) is 1. The van der Waals surface area contributed by atoms with Gasteiger partial charge in [-0.3, -0.25) is 0 Å². The first-order valence-corrected chi connectivity index (χ1v) is 8.99. The van der Waals surface area contributed by atoms with Gasteiger partial charge in [0.1, 0.15) is 0 Å². The van der Waals surface area contributed by atoms with E-state index in [1.165, 1.54) is 27.8 Å². The van der Waals surface area contributed by atoms with Gasteiger partial charge in [-0.15, -0.1) is 0 Å². The first-order chi connectivity index (χ1) is 13.2. The number of aryl methyl sites for hydroxylation is 1. The van der Waals surface area contributed by atoms with E-state index in [-0.39, 0.29) is 0 Å². The van der Waals surface area contributed by atoms with Crippen molar-refractivity contribution in [1.82, 2.24) is 0 Å². The molecule has 4 rings (SSSR count). The van der Waals surface area contributed by atoms with Crippen molar-refractivity contribution in [2.45, 2.75) is 6.92 Å². The van der Waals surface area contributed by atoms with Gasteiger partial charge in [0.05, 0.1) is 6.57 Å². The summed E-state index contributed by atoms with van der Waals surface area (Å²) in [5.41, 5.74) is 8.83. The normalized spacial score (nSPS) is 10.4. The Kier molecular flexibility index (Phi) is 4.56. The van der Waals surface area contributed by atoms with E-state index in [0.717, 1.165) is 11.1 Å². The SMILES string of the molecule is [C-]#[N+]c1ccccc1-c1ccc(-c2cc(C)cc(-c3ccccc3)c2)cc1. The maximum atomic E-state index is 7.36. The summed E-state index contributed by atoms with van der Waals surface area (Å²) >= 11 is 0. The molecule has 4 aromatic carbocycles. The molecule has 0 bridgehead atoms. The van der Waals surface area contributed by atoms with E-state index in [1.807, 2.05) is 30.3 Å². The molecule has 1 heteroatoms. The third-order valence-electron chi connectivity index (χ3n) is 4.74. The van der Waals surface area contributed by atoms with E-state index >= 15 is 0 Å². The molecule has 0 fully saturated rings. The zero-order chi connectivity index (χ0) is 18.6. The van der Waals surface area contributed by atoms with E-state index in [0.29, 0.717) is 5.69 Å². The van der Waals surface area contributed by atoms with Gasteiger partial charge in [0.25, 0.3) is 0 Å². The Morgan fingerprint density at radius 3 is 1.78 bits per heavy atom. The molecule has 0 aliphatic carbocycles. The second kappa shape index (κ2) is 7.32. The molecule has 0 heterocycles. The van der Waals surface area contributed by atoms with Crippen molar-refractivity contribution < 1.29 is 0 Å². The second-order valence-electron chi connectivity index (χ2n) is 6.66. The van der Waals surface area contributed by atoms with Crippen molar-refractivity contribution in [3.8, 4) is 33.4 Å². The first-order valence-electron chi connectivity index (χ1n) is 8.99. The van der Waals surface area contributed by atoms with Crippen LogP contribution in [0, 0.1) is 13.5 Å². The molecule has 0 aliphatic heterocycles. The standard InChI is InChI=1S/C26H19N/c1-19-16-23(20-8-4-3-5-9-20)18-24(17-19)21-12-14-22(15-13-21)25-10-6-7-11-26(25)27-2/h3-18H,1H3. The Morgan fingerprint density at radius 2 is 1.11 bits per heavy atom. The van der Waals surface area contributed by atoms with E-state index in [9.17, 15) is 0 Å². The minimum Gasteiger partial charge on any atom is -0.238 e. The molecule has 4 aromatic rings. The number of para-hydroxylation sites is 1. The molecule has 27 heavy (non-hydrogen) atoms. The molecule has 0 spiro atoms. The van der Waals surface area contributed by atoms with Crippen molar-refractivity contribution in [3.05, 3.63) is 114 Å². The molecule has 1 nitrogen and oxygen atoms in total. The van der Waals surface area contributed by atoms with Crippen LogP contribution in [0.1, 0.15) is 5.56 Å². The molecule has 0 saturated heterocycles. The number of rotatable bonds is 3. The molecule has 0 aliphatic rings. The van der Waals surface area contributed by atoms with Crippen LogP contribution in [0.5, 0.6) is 0 Å². The molecule has 0 aromatic heterocycles. The lowest BCUT2D eigenvalue weighted by Gasteiger charge is -2.10. The van der Waals surface area contributed by atoms with Crippen molar-refractivity contribution in [2.75, 3.05) is 0 Å². The van der Waals surface area contributed by atoms with Gasteiger partial charge in [-0.25, -0.2) is 4.85 Å². The molecular formula is C26H19N. The molecule has 0 saturated carbocycles. The lowest BCUT2D eigenvalue weighted by Crippen LogP contribution is -1.85. The lowest BCUT2D eigenvalue weighted by molar-refractivity contribution is 1.46. The minimum atomic E-state index is 0.687. The van der Waals surface area contributed by atoms with Gasteiger partial charge >= 0.3 is 0 Å². The zero-order valence-corrected chi connectivity index (χ0v) is 15.2. The number of benzene rings is 4. The topological polar surface area (TPSA) is 4.36 Å². The predicted octanol–water partition coefficient (Wildman–Crippen LogP) is 7.55. The highest BCUT2D eigenvalue weighted by Crippen LogP contribution is 2.33. The Balaban J connectivity index is 1.73. The van der Waals surface area contributed by atoms with Crippen molar-refractivity contribution >= 4 is 5.69 Å². The highest BCUT2D eigenvalue weighted by molar-refractivity contribution is 5.81. The highest BCUT2D eigenvalue weighted by Gasteiger charge is 2.07. The van der Waals surface area contributed by atoms with Crippen molar-refractivity contribution in [2.24, 2.45) is 0 Å². The lowest BCUT2D eigenvalue weighted by atomic mass is 9.95. The van der Waals surface area contributed by atoms with Gasteiger partial charge < -0.3 is 0 Å². The summed E-state index contributed by atoms with van der Waals surface area (Å²) in [6.07, 6.45) is 0. The van der Waals surface area contributed by atoms with Crippen molar-refractivity contribution in [3.63, 3.8) is 0 Å². The third kappa shape index (κ3) is 3.52. The monoisotopic (exact) mass is 345 g/mol. The summed E-state index contributed by atoms with van der Waals surface area (Å²) in [5, 5.41) is 0. The number of hydrogen-bond donors (Lipinski definition) is 0. The van der Waals surface area contributed by atoms with Gasteiger partial charge in [0.2, 0.25) is 0 Å². The summed E-state index contributed by atoms with van der Waals surface area (Å²) in [5.74, 6) is 0. The molecule has 0 amide bonds. The van der Waals surface area contributed by atoms with Crippen molar-refractivity contribution in [1.29, 1.82) is 0 Å². The largest absolute Gasteiger partial charge is 0.238 e. The van der Waals surface area contributed by atoms with E-state index in [2.05, 4.69) is 78.5 Å². The average Bonchev–Trinajstić information content (AvgIpc) is 2.74. The molecule has 0 N–H and O–H groups in total. The van der Waals surface area contributed by atoms with Crippen LogP contribution < -0.4 is 0 Å². The van der Waals surface area contributed by atoms with Gasteiger partial charge in [-0.05, 0) is 51.9 Å². The van der Waals surface area contributed by atoms with Gasteiger partial charge in [0, 0.05) is 0 Å². The van der Waals surface area contributed by atoms with Gasteiger partial charge in [-0.1, -0.05) is 91.0 Å². The van der Waals surface area contributed by atoms with Crippen LogP contribution in [0.25, 0.3) is 38.2 Å². The summed E-state index contributed by atoms with van der Waals surface area (Å²) < 4.78 is 0. The van der Waals surface area contributed by atoms with Crippen LogP contribution in [0.15, 0.2) is 97.1 Å². The smallest absolute Gasteiger partial charge is 0.194 e. The predicted molar refractivity (Wildman–Crippen MR) is 114 cm³/mol. The summed E-state index contributed by atoms with van der Waals surface area (Å²) in [4.78, 5) is 3.63. The molecular weight excluding hydrogens is 326 g/mol. The fraction of sp³-hybridized carbons (Fsp3) is 0.0385. The molecule has 128 valence electrons. The third-order valence-corrected chi connectivity index (χ3v) is 4.74. The van der Waals surface area contributed by atoms with Crippen LogP contribution in [-0.2, 0) is 0 Å². The summed E-state index contributed by atoms with van der Waals surface area (Å²) in [6, 6.07) is 33.4. The first kappa shape index (κ1) is 16.8. The maximum Gasteiger partial charge on any atom is 0.194 e. The fourth-order valence-electron chi connectivity index (χ4n) is 3.40. The molecule has 0 unspecified atom stereocenters. The maximum absolute atomic E-state index is 7.36. The van der Waals surface area contributed by atoms with Crippen LogP contribution in [-0.4, -0.2) is 0 Å². The van der Waals surface area contributed by atoms with E-state index < -0.39 is 0 Å². The summed E-state index contributed by atoms with van der Waals surface area (Å²) in [7, 11) is 0. The Morgan fingerprint density at radius 1 is 0.556 bits per heavy atom. The zero-order valence-electron chi connectivity index (χ0n) is 15.2. The quantitative estimate of drug-likeness (QED) is 0.338. The van der Waals surface area contributed by atoms with Gasteiger partial charge in [-0.2, -0.15) is 0 Å². The Bertz CT molecular complexity index is 1120. The van der Waals surface area contributed by atoms with Crippen LogP contribution in [0.2, 0.25) is 0 Å². The Labute approximate surface area is 160 Å². The molecule has 0 atom stereocenters. The second-order valence-corrected chi connectivity index (χ2v) is 6.66. The van der Waals surface area contributed by atoms with Gasteiger partial charge in [0.15, 0.2) is 5.69 Å². The minimum absolute atomic E-state index is 0.687. The van der Waals surface area contributed by atoms with Crippen LogP contribution in [0.3, 0.4) is 0 Å². The molecule has 0 radical (unpaired) electrons. The average molecular weight is 345 g/mol. The van der Waals surface area contributed by atoms with E-state index in [4.69, 9.17) is 6.57 Å². The Hall–Kier alpha value is -3.63. The fourth-order valence-corrected chi connectivity index (χ4v) is 3.40. The number of hydrogen-bond acceptors (Lipinski definition) is 0. The van der Waals surface area contributed by atoms with Crippen LogP contribution in [0.4, 0.5) is 5.69 Å².